The quantitative estimate of drug-likeness (QED) is 0.692. The molecule has 3 rings (SSSR count). The van der Waals surface area contributed by atoms with Gasteiger partial charge in [-0.2, -0.15) is 0 Å². The van der Waals surface area contributed by atoms with Crippen LogP contribution >= 0.6 is 0 Å². The lowest BCUT2D eigenvalue weighted by Gasteiger charge is -2.41. The Morgan fingerprint density at radius 2 is 1.90 bits per heavy atom. The van der Waals surface area contributed by atoms with Gasteiger partial charge < -0.3 is 4.90 Å². The number of piperidine rings is 1. The van der Waals surface area contributed by atoms with E-state index in [1.165, 1.54) is 36.1 Å². The minimum atomic E-state index is 0.571. The Morgan fingerprint density at radius 3 is 2.60 bits per heavy atom. The van der Waals surface area contributed by atoms with Gasteiger partial charge in [0.2, 0.25) is 0 Å². The highest BCUT2D eigenvalue weighted by Gasteiger charge is 2.30. The second-order valence-electron chi connectivity index (χ2n) is 6.58. The molecule has 1 nitrogen and oxygen atoms in total. The summed E-state index contributed by atoms with van der Waals surface area (Å²) in [6.45, 7) is 11.5. The van der Waals surface area contributed by atoms with E-state index in [1.807, 2.05) is 0 Å². The Bertz CT molecular complexity index is 586. The molecule has 0 amide bonds. The second kappa shape index (κ2) is 5.12. The zero-order chi connectivity index (χ0) is 14.3. The lowest BCUT2D eigenvalue weighted by atomic mass is 9.81. The van der Waals surface area contributed by atoms with Crippen LogP contribution in [0.1, 0.15) is 51.7 Å². The molecule has 1 saturated heterocycles. The summed E-state index contributed by atoms with van der Waals surface area (Å²) in [5.74, 6) is 0.571. The van der Waals surface area contributed by atoms with Crippen molar-refractivity contribution in [2.45, 2.75) is 47.1 Å². The van der Waals surface area contributed by atoms with Crippen LogP contribution in [-0.4, -0.2) is 11.4 Å². The summed E-state index contributed by atoms with van der Waals surface area (Å²) in [6.07, 6.45) is 2.53. The molecule has 0 aliphatic carbocycles. The first kappa shape index (κ1) is 13.5. The van der Waals surface area contributed by atoms with E-state index in [2.05, 4.69) is 56.9 Å². The first-order valence-corrected chi connectivity index (χ1v) is 7.83. The Hall–Kier alpha value is -1.50. The maximum atomic E-state index is 2.61. The Balaban J connectivity index is 2.27. The molecule has 0 bridgehead atoms. The predicted octanol–water partition coefficient (Wildman–Crippen LogP) is 5.00. The summed E-state index contributed by atoms with van der Waals surface area (Å²) in [5, 5.41) is 0. The maximum Gasteiger partial charge on any atom is 0.0442 e. The van der Waals surface area contributed by atoms with Gasteiger partial charge in [0.05, 0.1) is 0 Å². The molecule has 0 aromatic heterocycles. The number of benzene rings is 1. The molecule has 0 radical (unpaired) electrons. The molecular weight excluding hydrogens is 242 g/mol. The third-order valence-electron chi connectivity index (χ3n) is 4.56. The third-order valence-corrected chi connectivity index (χ3v) is 4.56. The Morgan fingerprint density at radius 1 is 1.15 bits per heavy atom. The number of nitrogens with zero attached hydrogens (tertiary/aromatic N) is 1. The highest BCUT2D eigenvalue weighted by molar-refractivity contribution is 5.77. The van der Waals surface area contributed by atoms with Crippen LogP contribution in [-0.2, 0) is 6.54 Å². The Labute approximate surface area is 123 Å². The van der Waals surface area contributed by atoms with Crippen LogP contribution in [0.3, 0.4) is 0 Å². The lowest BCUT2D eigenvalue weighted by Crippen LogP contribution is -2.34. The number of rotatable bonds is 1. The van der Waals surface area contributed by atoms with Crippen molar-refractivity contribution in [2.24, 2.45) is 5.92 Å². The molecular formula is C19H25N. The molecule has 106 valence electrons. The molecule has 20 heavy (non-hydrogen) atoms. The van der Waals surface area contributed by atoms with Crippen LogP contribution in [0.5, 0.6) is 0 Å². The van der Waals surface area contributed by atoms with Gasteiger partial charge >= 0.3 is 0 Å². The number of fused-ring (bicyclic) bond motifs is 2. The summed E-state index contributed by atoms with van der Waals surface area (Å²) in [5.41, 5.74) is 9.16. The summed E-state index contributed by atoms with van der Waals surface area (Å²) in [7, 11) is 0. The summed E-state index contributed by atoms with van der Waals surface area (Å²) in [6, 6.07) is 8.97. The molecule has 2 aliphatic heterocycles. The van der Waals surface area contributed by atoms with Crippen LogP contribution < -0.4 is 0 Å². The van der Waals surface area contributed by atoms with E-state index in [4.69, 9.17) is 0 Å². The lowest BCUT2D eigenvalue weighted by molar-refractivity contribution is 0.306. The van der Waals surface area contributed by atoms with Crippen molar-refractivity contribution in [3.63, 3.8) is 0 Å². The second-order valence-corrected chi connectivity index (χ2v) is 6.58. The van der Waals surface area contributed by atoms with Crippen molar-refractivity contribution in [1.82, 2.24) is 4.90 Å². The first-order valence-electron chi connectivity index (χ1n) is 7.83. The fourth-order valence-corrected chi connectivity index (χ4v) is 3.68. The van der Waals surface area contributed by atoms with E-state index in [1.54, 1.807) is 16.8 Å². The molecule has 1 heteroatoms. The standard InChI is InChI=1S/C19H25N/c1-13(2)16-10-7-11-20-12-15-8-5-6-9-17(15)18(14(3)4)19(16)20/h5-6,8-9,14H,7,10-12H2,1-4H3. The fraction of sp³-hybridized carbons (Fsp3) is 0.474. The van der Waals surface area contributed by atoms with Gasteiger partial charge in [0, 0.05) is 18.8 Å². The zero-order valence-electron chi connectivity index (χ0n) is 13.2. The van der Waals surface area contributed by atoms with Crippen molar-refractivity contribution in [3.8, 4) is 0 Å². The molecule has 0 N–H and O–H groups in total. The first-order chi connectivity index (χ1) is 9.59. The largest absolute Gasteiger partial charge is 0.367 e. The van der Waals surface area contributed by atoms with E-state index in [0.717, 1.165) is 6.54 Å². The average Bonchev–Trinajstić information content (AvgIpc) is 2.43. The number of hydrogen-bond acceptors (Lipinski definition) is 1. The van der Waals surface area contributed by atoms with Gasteiger partial charge in [-0.15, -0.1) is 0 Å². The molecule has 1 aromatic rings. The van der Waals surface area contributed by atoms with Crippen LogP contribution in [0.4, 0.5) is 0 Å². The third kappa shape index (κ3) is 2.09. The van der Waals surface area contributed by atoms with Crippen molar-refractivity contribution in [2.75, 3.05) is 6.54 Å². The number of hydrogen-bond donors (Lipinski definition) is 0. The van der Waals surface area contributed by atoms with E-state index < -0.39 is 0 Å². The van der Waals surface area contributed by atoms with Gasteiger partial charge in [-0.25, -0.2) is 0 Å². The van der Waals surface area contributed by atoms with E-state index in [-0.39, 0.29) is 0 Å². The summed E-state index contributed by atoms with van der Waals surface area (Å²) in [4.78, 5) is 2.61. The molecule has 2 aliphatic rings. The van der Waals surface area contributed by atoms with E-state index >= 15 is 0 Å². The van der Waals surface area contributed by atoms with Gasteiger partial charge in [-0.1, -0.05) is 43.7 Å². The van der Waals surface area contributed by atoms with Crippen molar-refractivity contribution in [1.29, 1.82) is 0 Å². The summed E-state index contributed by atoms with van der Waals surface area (Å²) >= 11 is 0. The zero-order valence-corrected chi connectivity index (χ0v) is 13.2. The van der Waals surface area contributed by atoms with Gasteiger partial charge in [0.25, 0.3) is 0 Å². The van der Waals surface area contributed by atoms with Crippen molar-refractivity contribution in [3.05, 3.63) is 52.2 Å². The van der Waals surface area contributed by atoms with Gasteiger partial charge in [-0.3, -0.25) is 0 Å². The smallest absolute Gasteiger partial charge is 0.0442 e. The minimum absolute atomic E-state index is 0.571. The van der Waals surface area contributed by atoms with E-state index in [0.29, 0.717) is 5.92 Å². The van der Waals surface area contributed by atoms with Gasteiger partial charge in [0.1, 0.15) is 0 Å². The summed E-state index contributed by atoms with van der Waals surface area (Å²) < 4.78 is 0. The SMILES string of the molecule is CC(C)=C1CCCN2Cc3ccccc3C(C(C)C)=C12. The molecule has 0 spiro atoms. The molecule has 0 saturated carbocycles. The Kier molecular flexibility index (Phi) is 3.45. The van der Waals surface area contributed by atoms with Crippen molar-refractivity contribution < 1.29 is 0 Å². The van der Waals surface area contributed by atoms with Crippen LogP contribution in [0.15, 0.2) is 41.1 Å². The monoisotopic (exact) mass is 267 g/mol. The highest BCUT2D eigenvalue weighted by Crippen LogP contribution is 2.43. The normalized spacial score (nSPS) is 18.2. The van der Waals surface area contributed by atoms with Crippen LogP contribution in [0, 0.1) is 5.92 Å². The van der Waals surface area contributed by atoms with E-state index in [9.17, 15) is 0 Å². The fourth-order valence-electron chi connectivity index (χ4n) is 3.68. The van der Waals surface area contributed by atoms with Gasteiger partial charge in [-0.05, 0) is 54.9 Å². The van der Waals surface area contributed by atoms with Gasteiger partial charge in [0.15, 0.2) is 0 Å². The van der Waals surface area contributed by atoms with Crippen LogP contribution in [0.2, 0.25) is 0 Å². The maximum absolute atomic E-state index is 2.61. The average molecular weight is 267 g/mol. The number of allylic oxidation sites excluding steroid dienone is 3. The molecule has 0 unspecified atom stereocenters. The minimum Gasteiger partial charge on any atom is -0.367 e. The molecule has 1 aromatic carbocycles. The molecule has 2 heterocycles. The molecule has 0 atom stereocenters. The highest BCUT2D eigenvalue weighted by atomic mass is 15.2. The predicted molar refractivity (Wildman–Crippen MR) is 86.2 cm³/mol. The van der Waals surface area contributed by atoms with Crippen molar-refractivity contribution >= 4 is 5.57 Å². The topological polar surface area (TPSA) is 3.24 Å². The molecule has 1 fully saturated rings. The van der Waals surface area contributed by atoms with Crippen LogP contribution in [0.25, 0.3) is 5.57 Å².